The molecule has 1 aromatic carbocycles. The van der Waals surface area contributed by atoms with Gasteiger partial charge >= 0.3 is 0 Å². The first-order valence-corrected chi connectivity index (χ1v) is 4.88. The van der Waals surface area contributed by atoms with Crippen molar-refractivity contribution in [2.45, 2.75) is 13.0 Å². The molecule has 0 amide bonds. The molecule has 0 fully saturated rings. The SMILES string of the molecule is C[C@@H](/C=C/c1ccc2c(c1)OCO2)[N+](=O)[O-]. The average Bonchev–Trinajstić information content (AvgIpc) is 2.72. The van der Waals surface area contributed by atoms with E-state index in [4.69, 9.17) is 9.47 Å². The molecular formula is C11H11NO4. The van der Waals surface area contributed by atoms with E-state index < -0.39 is 6.04 Å². The number of hydrogen-bond donors (Lipinski definition) is 0. The third-order valence-electron chi connectivity index (χ3n) is 2.30. The van der Waals surface area contributed by atoms with Crippen LogP contribution >= 0.6 is 0 Å². The second kappa shape index (κ2) is 4.22. The fraction of sp³-hybridized carbons (Fsp3) is 0.273. The normalized spacial score (nSPS) is 15.3. The predicted octanol–water partition coefficient (Wildman–Crippen LogP) is 2.09. The molecule has 5 heteroatoms. The third-order valence-corrected chi connectivity index (χ3v) is 2.30. The Morgan fingerprint density at radius 1 is 1.44 bits per heavy atom. The number of ether oxygens (including phenoxy) is 2. The highest BCUT2D eigenvalue weighted by Crippen LogP contribution is 2.32. The standard InChI is InChI=1S/C11H11NO4/c1-8(12(13)14)2-3-9-4-5-10-11(6-9)16-7-15-10/h2-6,8H,7H2,1H3/b3-2+/t8-/m0/s1. The minimum Gasteiger partial charge on any atom is -0.454 e. The zero-order valence-corrected chi connectivity index (χ0v) is 8.75. The van der Waals surface area contributed by atoms with Gasteiger partial charge in [0.05, 0.1) is 0 Å². The van der Waals surface area contributed by atoms with Crippen molar-refractivity contribution >= 4 is 6.08 Å². The van der Waals surface area contributed by atoms with Gasteiger partial charge in [0.1, 0.15) is 0 Å². The summed E-state index contributed by atoms with van der Waals surface area (Å²) in [5, 5.41) is 10.4. The van der Waals surface area contributed by atoms with Crippen molar-refractivity contribution in [2.75, 3.05) is 6.79 Å². The molecule has 0 saturated carbocycles. The van der Waals surface area contributed by atoms with E-state index in [1.807, 2.05) is 6.07 Å². The molecule has 1 aliphatic rings. The van der Waals surface area contributed by atoms with E-state index in [1.54, 1.807) is 18.2 Å². The Morgan fingerprint density at radius 2 is 2.19 bits per heavy atom. The molecular weight excluding hydrogens is 210 g/mol. The summed E-state index contributed by atoms with van der Waals surface area (Å²) in [4.78, 5) is 10.1. The van der Waals surface area contributed by atoms with Crippen LogP contribution in [0.4, 0.5) is 0 Å². The first-order valence-electron chi connectivity index (χ1n) is 4.88. The molecule has 16 heavy (non-hydrogen) atoms. The predicted molar refractivity (Wildman–Crippen MR) is 58.1 cm³/mol. The van der Waals surface area contributed by atoms with E-state index in [1.165, 1.54) is 13.0 Å². The zero-order valence-electron chi connectivity index (χ0n) is 8.75. The summed E-state index contributed by atoms with van der Waals surface area (Å²) in [6.07, 6.45) is 3.24. The fourth-order valence-electron chi connectivity index (χ4n) is 1.34. The summed E-state index contributed by atoms with van der Waals surface area (Å²) in [7, 11) is 0. The Kier molecular flexibility index (Phi) is 2.76. The van der Waals surface area contributed by atoms with Crippen LogP contribution in [0.15, 0.2) is 24.3 Å². The van der Waals surface area contributed by atoms with Gasteiger partial charge in [-0.2, -0.15) is 0 Å². The van der Waals surface area contributed by atoms with Crippen LogP contribution in [0.1, 0.15) is 12.5 Å². The second-order valence-corrected chi connectivity index (χ2v) is 3.50. The molecule has 1 heterocycles. The molecule has 1 atom stereocenters. The highest BCUT2D eigenvalue weighted by atomic mass is 16.7. The van der Waals surface area contributed by atoms with Crippen molar-refractivity contribution in [1.82, 2.24) is 0 Å². The summed E-state index contributed by atoms with van der Waals surface area (Å²) in [5.74, 6) is 1.38. The summed E-state index contributed by atoms with van der Waals surface area (Å²) in [6, 6.07) is 4.73. The van der Waals surface area contributed by atoms with Crippen LogP contribution in [0.5, 0.6) is 11.5 Å². The molecule has 0 radical (unpaired) electrons. The number of nitro groups is 1. The van der Waals surface area contributed by atoms with Gasteiger partial charge in [0, 0.05) is 11.8 Å². The molecule has 0 aliphatic carbocycles. The van der Waals surface area contributed by atoms with Crippen molar-refractivity contribution in [3.05, 3.63) is 40.0 Å². The number of benzene rings is 1. The van der Waals surface area contributed by atoms with Gasteiger partial charge in [-0.25, -0.2) is 0 Å². The molecule has 0 bridgehead atoms. The maximum absolute atomic E-state index is 10.4. The minimum absolute atomic E-state index is 0.230. The van der Waals surface area contributed by atoms with Crippen molar-refractivity contribution in [3.8, 4) is 11.5 Å². The Balaban J connectivity index is 2.13. The van der Waals surface area contributed by atoms with Crippen LogP contribution in [0.25, 0.3) is 6.08 Å². The smallest absolute Gasteiger partial charge is 0.231 e. The van der Waals surface area contributed by atoms with Gasteiger partial charge in [-0.15, -0.1) is 0 Å². The second-order valence-electron chi connectivity index (χ2n) is 3.50. The third kappa shape index (κ3) is 2.13. The van der Waals surface area contributed by atoms with Gasteiger partial charge in [0.25, 0.3) is 0 Å². The van der Waals surface area contributed by atoms with E-state index in [0.717, 1.165) is 5.56 Å². The Hall–Kier alpha value is -2.04. The van der Waals surface area contributed by atoms with Crippen molar-refractivity contribution in [2.24, 2.45) is 0 Å². The quantitative estimate of drug-likeness (QED) is 0.579. The molecule has 1 aliphatic heterocycles. The summed E-state index contributed by atoms with van der Waals surface area (Å²) < 4.78 is 10.4. The van der Waals surface area contributed by atoms with E-state index in [2.05, 4.69) is 0 Å². The average molecular weight is 221 g/mol. The first kappa shape index (κ1) is 10.5. The number of rotatable bonds is 3. The maximum Gasteiger partial charge on any atom is 0.231 e. The molecule has 0 unspecified atom stereocenters. The van der Waals surface area contributed by atoms with E-state index in [0.29, 0.717) is 11.5 Å². The first-order chi connectivity index (χ1) is 7.66. The highest BCUT2D eigenvalue weighted by Gasteiger charge is 2.12. The van der Waals surface area contributed by atoms with Gasteiger partial charge in [0.15, 0.2) is 11.5 Å². The topological polar surface area (TPSA) is 61.6 Å². The largest absolute Gasteiger partial charge is 0.454 e. The maximum atomic E-state index is 10.4. The number of nitrogens with zero attached hydrogens (tertiary/aromatic N) is 1. The Labute approximate surface area is 92.4 Å². The molecule has 1 aromatic rings. The van der Waals surface area contributed by atoms with Gasteiger partial charge in [-0.3, -0.25) is 10.1 Å². The number of hydrogen-bond acceptors (Lipinski definition) is 4. The number of fused-ring (bicyclic) bond motifs is 1. The molecule has 0 spiro atoms. The molecule has 2 rings (SSSR count). The summed E-state index contributed by atoms with van der Waals surface area (Å²) >= 11 is 0. The lowest BCUT2D eigenvalue weighted by Crippen LogP contribution is -2.10. The molecule has 0 N–H and O–H groups in total. The van der Waals surface area contributed by atoms with E-state index in [-0.39, 0.29) is 11.7 Å². The van der Waals surface area contributed by atoms with Crippen LogP contribution < -0.4 is 9.47 Å². The molecule has 0 aromatic heterocycles. The van der Waals surface area contributed by atoms with Crippen LogP contribution in [0, 0.1) is 10.1 Å². The van der Waals surface area contributed by atoms with Crippen LogP contribution in [0.2, 0.25) is 0 Å². The van der Waals surface area contributed by atoms with Gasteiger partial charge in [-0.1, -0.05) is 12.1 Å². The van der Waals surface area contributed by atoms with E-state index in [9.17, 15) is 10.1 Å². The minimum atomic E-state index is -0.689. The lowest BCUT2D eigenvalue weighted by atomic mass is 10.1. The monoisotopic (exact) mass is 221 g/mol. The van der Waals surface area contributed by atoms with Crippen molar-refractivity contribution in [1.29, 1.82) is 0 Å². The Bertz CT molecular complexity index is 442. The lowest BCUT2D eigenvalue weighted by molar-refractivity contribution is -0.504. The van der Waals surface area contributed by atoms with Gasteiger partial charge < -0.3 is 9.47 Å². The fourth-order valence-corrected chi connectivity index (χ4v) is 1.34. The lowest BCUT2D eigenvalue weighted by Gasteiger charge is -1.98. The Morgan fingerprint density at radius 3 is 2.94 bits per heavy atom. The zero-order chi connectivity index (χ0) is 11.5. The van der Waals surface area contributed by atoms with E-state index >= 15 is 0 Å². The molecule has 0 saturated heterocycles. The summed E-state index contributed by atoms with van der Waals surface area (Å²) in [6.45, 7) is 1.76. The van der Waals surface area contributed by atoms with Crippen LogP contribution in [-0.4, -0.2) is 17.8 Å². The molecule has 5 nitrogen and oxygen atoms in total. The van der Waals surface area contributed by atoms with Crippen LogP contribution in [-0.2, 0) is 0 Å². The van der Waals surface area contributed by atoms with Crippen molar-refractivity contribution < 1.29 is 14.4 Å². The van der Waals surface area contributed by atoms with Gasteiger partial charge in [0.2, 0.25) is 12.8 Å². The molecule has 84 valence electrons. The van der Waals surface area contributed by atoms with Crippen molar-refractivity contribution in [3.63, 3.8) is 0 Å². The van der Waals surface area contributed by atoms with Gasteiger partial charge in [-0.05, 0) is 23.8 Å². The highest BCUT2D eigenvalue weighted by molar-refractivity contribution is 5.56. The van der Waals surface area contributed by atoms with Crippen LogP contribution in [0.3, 0.4) is 0 Å². The summed E-state index contributed by atoms with van der Waals surface area (Å²) in [5.41, 5.74) is 0.859.